The van der Waals surface area contributed by atoms with E-state index in [2.05, 4.69) is 5.32 Å². The summed E-state index contributed by atoms with van der Waals surface area (Å²) in [5, 5.41) is 2.27. The Kier molecular flexibility index (Phi) is 4.88. The van der Waals surface area contributed by atoms with Crippen LogP contribution in [0.25, 0.3) is 0 Å². The quantitative estimate of drug-likeness (QED) is 0.390. The van der Waals surface area contributed by atoms with Crippen molar-refractivity contribution in [2.45, 2.75) is 0 Å². The van der Waals surface area contributed by atoms with Crippen molar-refractivity contribution < 1.29 is 27.1 Å². The molecule has 0 aliphatic heterocycles. The second-order valence-electron chi connectivity index (χ2n) is 5.24. The highest BCUT2D eigenvalue weighted by Gasteiger charge is 2.23. The first-order valence-corrected chi connectivity index (χ1v) is 7.43. The number of hydrogen-bond acceptors (Lipinski definition) is 2. The summed E-state index contributed by atoms with van der Waals surface area (Å²) in [5.74, 6) is -7.44. The van der Waals surface area contributed by atoms with Crippen molar-refractivity contribution in [2.24, 2.45) is 0 Å². The summed E-state index contributed by atoms with van der Waals surface area (Å²) in [5.41, 5.74) is -0.703. The van der Waals surface area contributed by atoms with Gasteiger partial charge in [-0.1, -0.05) is 18.2 Å². The Bertz CT molecular complexity index is 944. The lowest BCUT2D eigenvalue weighted by atomic mass is 10.1. The van der Waals surface area contributed by atoms with E-state index in [1.54, 1.807) is 36.4 Å². The molecule has 0 aliphatic carbocycles. The molecule has 1 N–H and O–H groups in total. The number of hydrogen-bond donors (Lipinski definition) is 1. The van der Waals surface area contributed by atoms with Crippen molar-refractivity contribution in [1.82, 2.24) is 0 Å². The lowest BCUT2D eigenvalue weighted by Gasteiger charge is -2.09. The highest BCUT2D eigenvalue weighted by Crippen LogP contribution is 2.24. The summed E-state index contributed by atoms with van der Waals surface area (Å²) in [4.78, 5) is 12.0. The van der Waals surface area contributed by atoms with E-state index in [-0.39, 0.29) is 5.69 Å². The van der Waals surface area contributed by atoms with Gasteiger partial charge in [-0.15, -0.1) is 0 Å². The minimum absolute atomic E-state index is 0.236. The molecule has 0 radical (unpaired) electrons. The van der Waals surface area contributed by atoms with Crippen LogP contribution in [0.15, 0.2) is 60.7 Å². The molecule has 1 amide bonds. The first kappa shape index (κ1) is 17.5. The number of rotatable bonds is 4. The zero-order valence-corrected chi connectivity index (χ0v) is 13.1. The van der Waals surface area contributed by atoms with Gasteiger partial charge in [0.25, 0.3) is 5.91 Å². The van der Waals surface area contributed by atoms with Gasteiger partial charge in [-0.05, 0) is 42.5 Å². The SMILES string of the molecule is O=C(Nc1ccc(Oc2ccccc2)cc1)c1cc(F)c(F)c(F)c1F. The molecule has 0 aliphatic rings. The summed E-state index contributed by atoms with van der Waals surface area (Å²) < 4.78 is 58.6. The van der Waals surface area contributed by atoms with Gasteiger partial charge in [-0.3, -0.25) is 4.79 Å². The van der Waals surface area contributed by atoms with Gasteiger partial charge in [0.1, 0.15) is 11.5 Å². The first-order chi connectivity index (χ1) is 12.5. The smallest absolute Gasteiger partial charge is 0.258 e. The van der Waals surface area contributed by atoms with Crippen LogP contribution in [0.2, 0.25) is 0 Å². The lowest BCUT2D eigenvalue weighted by molar-refractivity contribution is 0.102. The van der Waals surface area contributed by atoms with Gasteiger partial charge in [0.2, 0.25) is 0 Å². The van der Waals surface area contributed by atoms with E-state index in [0.29, 0.717) is 17.6 Å². The molecule has 0 heterocycles. The Hall–Kier alpha value is -3.35. The van der Waals surface area contributed by atoms with E-state index in [1.807, 2.05) is 6.07 Å². The van der Waals surface area contributed by atoms with Crippen molar-refractivity contribution in [3.8, 4) is 11.5 Å². The van der Waals surface area contributed by atoms with E-state index in [4.69, 9.17) is 4.74 Å². The number of anilines is 1. The molecule has 0 unspecified atom stereocenters. The van der Waals surface area contributed by atoms with Gasteiger partial charge in [0, 0.05) is 5.69 Å². The van der Waals surface area contributed by atoms with Gasteiger partial charge >= 0.3 is 0 Å². The molecule has 7 heteroatoms. The van der Waals surface area contributed by atoms with E-state index in [9.17, 15) is 22.4 Å². The number of para-hydroxylation sites is 1. The van der Waals surface area contributed by atoms with Crippen molar-refractivity contribution in [3.63, 3.8) is 0 Å². The number of benzene rings is 3. The van der Waals surface area contributed by atoms with Crippen molar-refractivity contribution in [3.05, 3.63) is 89.5 Å². The zero-order valence-electron chi connectivity index (χ0n) is 13.1. The molecular weight excluding hydrogens is 350 g/mol. The molecule has 0 fully saturated rings. The molecule has 3 nitrogen and oxygen atoms in total. The monoisotopic (exact) mass is 361 g/mol. The zero-order chi connectivity index (χ0) is 18.7. The number of amides is 1. The first-order valence-electron chi connectivity index (χ1n) is 7.43. The van der Waals surface area contributed by atoms with E-state index in [0.717, 1.165) is 0 Å². The second kappa shape index (κ2) is 7.26. The maximum absolute atomic E-state index is 13.6. The number of nitrogens with one attached hydrogen (secondary N) is 1. The Morgan fingerprint density at radius 1 is 0.769 bits per heavy atom. The van der Waals surface area contributed by atoms with E-state index < -0.39 is 34.7 Å². The predicted molar refractivity (Wildman–Crippen MR) is 87.2 cm³/mol. The van der Waals surface area contributed by atoms with Crippen LogP contribution in [-0.2, 0) is 0 Å². The van der Waals surface area contributed by atoms with Gasteiger partial charge in [0.15, 0.2) is 23.3 Å². The summed E-state index contributed by atoms with van der Waals surface area (Å²) in [6.07, 6.45) is 0. The molecule has 0 bridgehead atoms. The molecule has 3 rings (SSSR count). The number of ether oxygens (including phenoxy) is 1. The molecular formula is C19H11F4NO2. The fourth-order valence-electron chi connectivity index (χ4n) is 2.17. The van der Waals surface area contributed by atoms with Gasteiger partial charge in [-0.25, -0.2) is 17.6 Å². The third kappa shape index (κ3) is 3.66. The van der Waals surface area contributed by atoms with Crippen LogP contribution in [-0.4, -0.2) is 5.91 Å². The van der Waals surface area contributed by atoms with Gasteiger partial charge < -0.3 is 10.1 Å². The molecule has 0 saturated carbocycles. The summed E-state index contributed by atoms with van der Waals surface area (Å²) in [6, 6.07) is 15.3. The highest BCUT2D eigenvalue weighted by molar-refractivity contribution is 6.04. The highest BCUT2D eigenvalue weighted by atomic mass is 19.2. The molecule has 3 aromatic rings. The predicted octanol–water partition coefficient (Wildman–Crippen LogP) is 5.29. The molecule has 0 aromatic heterocycles. The molecule has 0 saturated heterocycles. The van der Waals surface area contributed by atoms with Crippen LogP contribution in [0.4, 0.5) is 23.2 Å². The fourth-order valence-corrected chi connectivity index (χ4v) is 2.17. The normalized spacial score (nSPS) is 10.5. The van der Waals surface area contributed by atoms with Crippen LogP contribution < -0.4 is 10.1 Å². The molecule has 26 heavy (non-hydrogen) atoms. The third-order valence-electron chi connectivity index (χ3n) is 3.44. The summed E-state index contributed by atoms with van der Waals surface area (Å²) in [6.45, 7) is 0. The Morgan fingerprint density at radius 2 is 1.38 bits per heavy atom. The second-order valence-corrected chi connectivity index (χ2v) is 5.24. The minimum Gasteiger partial charge on any atom is -0.457 e. The van der Waals surface area contributed by atoms with E-state index in [1.165, 1.54) is 12.1 Å². The van der Waals surface area contributed by atoms with Crippen molar-refractivity contribution in [2.75, 3.05) is 5.32 Å². The Labute approximate surface area is 145 Å². The maximum Gasteiger partial charge on any atom is 0.258 e. The van der Waals surface area contributed by atoms with Crippen molar-refractivity contribution >= 4 is 11.6 Å². The van der Waals surface area contributed by atoms with E-state index >= 15 is 0 Å². The standard InChI is InChI=1S/C19H11F4NO2/c20-15-10-14(16(21)18(23)17(15)22)19(25)24-11-6-8-13(9-7-11)26-12-4-2-1-3-5-12/h1-10H,(H,24,25). The Morgan fingerprint density at radius 3 is 2.04 bits per heavy atom. The average molecular weight is 361 g/mol. The van der Waals surface area contributed by atoms with Gasteiger partial charge in [-0.2, -0.15) is 0 Å². The van der Waals surface area contributed by atoms with Crippen LogP contribution in [0.5, 0.6) is 11.5 Å². The summed E-state index contributed by atoms with van der Waals surface area (Å²) in [7, 11) is 0. The average Bonchev–Trinajstić information content (AvgIpc) is 2.65. The van der Waals surface area contributed by atoms with Crippen LogP contribution in [0, 0.1) is 23.3 Å². The van der Waals surface area contributed by atoms with Crippen molar-refractivity contribution in [1.29, 1.82) is 0 Å². The molecule has 132 valence electrons. The topological polar surface area (TPSA) is 38.3 Å². The summed E-state index contributed by atoms with van der Waals surface area (Å²) >= 11 is 0. The number of halogens is 4. The number of carbonyl (C=O) groups excluding carboxylic acids is 1. The maximum atomic E-state index is 13.6. The fraction of sp³-hybridized carbons (Fsp3) is 0. The molecule has 0 spiro atoms. The lowest BCUT2D eigenvalue weighted by Crippen LogP contribution is -2.16. The van der Waals surface area contributed by atoms with Crippen LogP contribution in [0.1, 0.15) is 10.4 Å². The Balaban J connectivity index is 1.74. The number of carbonyl (C=O) groups is 1. The van der Waals surface area contributed by atoms with Gasteiger partial charge in [0.05, 0.1) is 5.56 Å². The third-order valence-corrected chi connectivity index (χ3v) is 3.44. The van der Waals surface area contributed by atoms with Crippen LogP contribution in [0.3, 0.4) is 0 Å². The minimum atomic E-state index is -2.04. The molecule has 3 aromatic carbocycles. The van der Waals surface area contributed by atoms with Crippen LogP contribution >= 0.6 is 0 Å². The largest absolute Gasteiger partial charge is 0.457 e. The molecule has 0 atom stereocenters.